The maximum absolute atomic E-state index is 12.4. The van der Waals surface area contributed by atoms with Gasteiger partial charge in [0.1, 0.15) is 0 Å². The Bertz CT molecular complexity index is 601. The fraction of sp³-hybridized carbons (Fsp3) is 0.417. The molecule has 2 rings (SSSR count). The first-order valence-corrected chi connectivity index (χ1v) is 8.55. The van der Waals surface area contributed by atoms with Gasteiger partial charge in [-0.2, -0.15) is 0 Å². The van der Waals surface area contributed by atoms with Crippen molar-refractivity contribution in [3.05, 3.63) is 28.2 Å². The van der Waals surface area contributed by atoms with Crippen LogP contribution < -0.4 is 5.73 Å². The van der Waals surface area contributed by atoms with Gasteiger partial charge in [0, 0.05) is 23.2 Å². The highest BCUT2D eigenvalue weighted by molar-refractivity contribution is 9.10. The van der Waals surface area contributed by atoms with E-state index < -0.39 is 9.84 Å². The number of amides is 1. The van der Waals surface area contributed by atoms with E-state index in [1.807, 2.05) is 0 Å². The standard InChI is InChI=1S/C12H15BrN2O3S/c13-11-3-2-9(14)8-10(11)12(16)15-4-1-6-19(17,18)7-5-15/h2-3,8H,1,4-7,14H2. The number of nitrogen functional groups attached to an aromatic ring is 1. The summed E-state index contributed by atoms with van der Waals surface area (Å²) in [5.74, 6) is -0.00984. The smallest absolute Gasteiger partial charge is 0.255 e. The Kier molecular flexibility index (Phi) is 4.15. The van der Waals surface area contributed by atoms with Crippen molar-refractivity contribution in [2.75, 3.05) is 30.3 Å². The van der Waals surface area contributed by atoms with Gasteiger partial charge in [-0.1, -0.05) is 0 Å². The molecule has 0 spiro atoms. The minimum Gasteiger partial charge on any atom is -0.399 e. The van der Waals surface area contributed by atoms with Crippen LogP contribution in [0.4, 0.5) is 5.69 Å². The van der Waals surface area contributed by atoms with Gasteiger partial charge in [-0.15, -0.1) is 0 Å². The number of anilines is 1. The maximum Gasteiger partial charge on any atom is 0.255 e. The summed E-state index contributed by atoms with van der Waals surface area (Å²) >= 11 is 3.32. The molecule has 0 aromatic heterocycles. The SMILES string of the molecule is Nc1ccc(Br)c(C(=O)N2CCCS(=O)(=O)CC2)c1. The molecule has 2 N–H and O–H groups in total. The number of nitrogens with two attached hydrogens (primary N) is 1. The summed E-state index contributed by atoms with van der Waals surface area (Å²) in [6.07, 6.45) is 0.480. The lowest BCUT2D eigenvalue weighted by Crippen LogP contribution is -2.33. The lowest BCUT2D eigenvalue weighted by molar-refractivity contribution is 0.0767. The molecule has 0 radical (unpaired) electrons. The predicted octanol–water partition coefficient (Wildman–Crippen LogP) is 1.29. The Labute approximate surface area is 120 Å². The second kappa shape index (κ2) is 5.50. The summed E-state index contributed by atoms with van der Waals surface area (Å²) in [5, 5.41) is 0. The number of halogens is 1. The molecule has 1 amide bonds. The molecule has 1 aromatic rings. The number of benzene rings is 1. The first kappa shape index (κ1) is 14.3. The molecule has 104 valence electrons. The van der Waals surface area contributed by atoms with Gasteiger partial charge in [0.15, 0.2) is 9.84 Å². The monoisotopic (exact) mass is 346 g/mol. The fourth-order valence-corrected chi connectivity index (χ4v) is 3.71. The second-order valence-electron chi connectivity index (χ2n) is 4.54. The van der Waals surface area contributed by atoms with Crippen LogP contribution in [0.5, 0.6) is 0 Å². The van der Waals surface area contributed by atoms with Crippen LogP contribution in [0.25, 0.3) is 0 Å². The zero-order chi connectivity index (χ0) is 14.0. The summed E-state index contributed by atoms with van der Waals surface area (Å²) in [4.78, 5) is 14.0. The third-order valence-electron chi connectivity index (χ3n) is 3.06. The lowest BCUT2D eigenvalue weighted by atomic mass is 10.1. The Morgan fingerprint density at radius 1 is 1.26 bits per heavy atom. The molecule has 19 heavy (non-hydrogen) atoms. The number of nitrogens with zero attached hydrogens (tertiary/aromatic N) is 1. The highest BCUT2D eigenvalue weighted by Crippen LogP contribution is 2.22. The number of hydrogen-bond acceptors (Lipinski definition) is 4. The van der Waals surface area contributed by atoms with Gasteiger partial charge in [-0.05, 0) is 40.5 Å². The summed E-state index contributed by atoms with van der Waals surface area (Å²) in [7, 11) is -3.02. The maximum atomic E-state index is 12.4. The highest BCUT2D eigenvalue weighted by Gasteiger charge is 2.24. The molecule has 0 aliphatic carbocycles. The zero-order valence-corrected chi connectivity index (χ0v) is 12.7. The molecule has 0 atom stereocenters. The Hall–Kier alpha value is -1.08. The van der Waals surface area contributed by atoms with E-state index >= 15 is 0 Å². The summed E-state index contributed by atoms with van der Waals surface area (Å²) < 4.78 is 23.7. The molecule has 5 nitrogen and oxygen atoms in total. The van der Waals surface area contributed by atoms with Gasteiger partial charge in [-0.25, -0.2) is 8.42 Å². The van der Waals surface area contributed by atoms with E-state index in [2.05, 4.69) is 15.9 Å². The topological polar surface area (TPSA) is 80.5 Å². The van der Waals surface area contributed by atoms with Crippen LogP contribution in [0, 0.1) is 0 Å². The molecule has 7 heteroatoms. The van der Waals surface area contributed by atoms with Gasteiger partial charge >= 0.3 is 0 Å². The number of carbonyl (C=O) groups is 1. The number of sulfone groups is 1. The van der Waals surface area contributed by atoms with Crippen LogP contribution in [-0.4, -0.2) is 43.8 Å². The summed E-state index contributed by atoms with van der Waals surface area (Å²) in [6, 6.07) is 5.02. The van der Waals surface area contributed by atoms with Crippen LogP contribution in [0.2, 0.25) is 0 Å². The lowest BCUT2D eigenvalue weighted by Gasteiger charge is -2.20. The first-order valence-electron chi connectivity index (χ1n) is 5.94. The van der Waals surface area contributed by atoms with Gasteiger partial charge in [-0.3, -0.25) is 4.79 Å². The molecule has 1 aromatic carbocycles. The molecule has 0 unspecified atom stereocenters. The van der Waals surface area contributed by atoms with Crippen LogP contribution in [-0.2, 0) is 9.84 Å². The Morgan fingerprint density at radius 3 is 2.74 bits per heavy atom. The van der Waals surface area contributed by atoms with Gasteiger partial charge in [0.2, 0.25) is 0 Å². The minimum absolute atomic E-state index is 0.0265. The van der Waals surface area contributed by atoms with Crippen molar-refractivity contribution in [3.63, 3.8) is 0 Å². The van der Waals surface area contributed by atoms with Crippen LogP contribution >= 0.6 is 15.9 Å². The van der Waals surface area contributed by atoms with Crippen molar-refractivity contribution >= 4 is 37.4 Å². The highest BCUT2D eigenvalue weighted by atomic mass is 79.9. The Balaban J connectivity index is 2.22. The zero-order valence-electron chi connectivity index (χ0n) is 10.3. The molecule has 1 aliphatic heterocycles. The fourth-order valence-electron chi connectivity index (χ4n) is 2.02. The van der Waals surface area contributed by atoms with Crippen molar-refractivity contribution in [1.29, 1.82) is 0 Å². The average molecular weight is 347 g/mol. The van der Waals surface area contributed by atoms with Crippen molar-refractivity contribution in [3.8, 4) is 0 Å². The van der Waals surface area contributed by atoms with Crippen molar-refractivity contribution in [1.82, 2.24) is 4.90 Å². The normalized spacial score (nSPS) is 18.9. The van der Waals surface area contributed by atoms with E-state index in [4.69, 9.17) is 5.73 Å². The predicted molar refractivity (Wildman–Crippen MR) is 77.7 cm³/mol. The van der Waals surface area contributed by atoms with Crippen molar-refractivity contribution in [2.45, 2.75) is 6.42 Å². The van der Waals surface area contributed by atoms with Gasteiger partial charge in [0.05, 0.1) is 17.1 Å². The summed E-state index contributed by atoms with van der Waals surface area (Å²) in [6.45, 7) is 0.696. The quantitative estimate of drug-likeness (QED) is 0.777. The van der Waals surface area contributed by atoms with Crippen LogP contribution in [0.15, 0.2) is 22.7 Å². The van der Waals surface area contributed by atoms with Crippen molar-refractivity contribution < 1.29 is 13.2 Å². The van der Waals surface area contributed by atoms with E-state index in [0.717, 1.165) is 0 Å². The van der Waals surface area contributed by atoms with Crippen LogP contribution in [0.3, 0.4) is 0 Å². The molecule has 1 saturated heterocycles. The molecule has 0 bridgehead atoms. The second-order valence-corrected chi connectivity index (χ2v) is 7.69. The van der Waals surface area contributed by atoms with E-state index in [-0.39, 0.29) is 24.0 Å². The molecule has 1 heterocycles. The van der Waals surface area contributed by atoms with E-state index in [1.165, 1.54) is 0 Å². The van der Waals surface area contributed by atoms with Crippen molar-refractivity contribution in [2.24, 2.45) is 0 Å². The third-order valence-corrected chi connectivity index (χ3v) is 5.47. The molecular formula is C12H15BrN2O3S. The van der Waals surface area contributed by atoms with E-state index in [0.29, 0.717) is 28.7 Å². The Morgan fingerprint density at radius 2 is 2.00 bits per heavy atom. The summed E-state index contributed by atoms with van der Waals surface area (Å²) in [5.41, 5.74) is 6.66. The van der Waals surface area contributed by atoms with E-state index in [1.54, 1.807) is 23.1 Å². The van der Waals surface area contributed by atoms with Gasteiger partial charge in [0.25, 0.3) is 5.91 Å². The number of rotatable bonds is 1. The molecule has 0 saturated carbocycles. The molecule has 1 fully saturated rings. The molecule has 1 aliphatic rings. The largest absolute Gasteiger partial charge is 0.399 e. The van der Waals surface area contributed by atoms with Gasteiger partial charge < -0.3 is 10.6 Å². The average Bonchev–Trinajstić information content (AvgIpc) is 2.52. The molecular weight excluding hydrogens is 332 g/mol. The van der Waals surface area contributed by atoms with E-state index in [9.17, 15) is 13.2 Å². The number of carbonyl (C=O) groups excluding carboxylic acids is 1. The van der Waals surface area contributed by atoms with Crippen LogP contribution in [0.1, 0.15) is 16.8 Å². The third kappa shape index (κ3) is 3.48. The first-order chi connectivity index (χ1) is 8.89. The minimum atomic E-state index is -3.02. The number of hydrogen-bond donors (Lipinski definition) is 1.